The third-order valence-corrected chi connectivity index (χ3v) is 5.31. The van der Waals surface area contributed by atoms with Gasteiger partial charge in [0.2, 0.25) is 5.91 Å². The van der Waals surface area contributed by atoms with Gasteiger partial charge in [0.15, 0.2) is 0 Å². The van der Waals surface area contributed by atoms with Crippen molar-refractivity contribution in [3.05, 3.63) is 54.1 Å². The molecule has 2 aromatic rings. The quantitative estimate of drug-likeness (QED) is 0.719. The fourth-order valence-electron chi connectivity index (χ4n) is 3.63. The summed E-state index contributed by atoms with van der Waals surface area (Å²) in [4.78, 5) is 27.1. The largest absolute Gasteiger partial charge is 0.497 e. The molecule has 3 rings (SSSR count). The van der Waals surface area contributed by atoms with E-state index in [2.05, 4.69) is 24.5 Å². The maximum absolute atomic E-state index is 12.9. The lowest BCUT2D eigenvalue weighted by molar-refractivity contribution is -0.133. The van der Waals surface area contributed by atoms with E-state index in [-0.39, 0.29) is 17.9 Å². The maximum Gasteiger partial charge on any atom is 0.253 e. The van der Waals surface area contributed by atoms with Crippen molar-refractivity contribution >= 4 is 23.2 Å². The zero-order chi connectivity index (χ0) is 21.5. The number of anilines is 2. The van der Waals surface area contributed by atoms with Gasteiger partial charge in [-0.25, -0.2) is 0 Å². The van der Waals surface area contributed by atoms with Gasteiger partial charge in [0, 0.05) is 31.2 Å². The first kappa shape index (κ1) is 21.7. The van der Waals surface area contributed by atoms with Crippen molar-refractivity contribution in [1.82, 2.24) is 10.2 Å². The second kappa shape index (κ2) is 10.1. The van der Waals surface area contributed by atoms with Crippen LogP contribution in [0, 0.1) is 5.92 Å². The van der Waals surface area contributed by atoms with Gasteiger partial charge in [-0.3, -0.25) is 9.59 Å². The molecule has 1 saturated heterocycles. The molecule has 160 valence electrons. The van der Waals surface area contributed by atoms with Crippen LogP contribution in [0.4, 0.5) is 11.4 Å². The first-order valence-corrected chi connectivity index (χ1v) is 10.5. The van der Waals surface area contributed by atoms with Crippen molar-refractivity contribution < 1.29 is 14.3 Å². The summed E-state index contributed by atoms with van der Waals surface area (Å²) in [5, 5.41) is 6.46. The maximum atomic E-state index is 12.9. The summed E-state index contributed by atoms with van der Waals surface area (Å²) in [7, 11) is 1.63. The lowest BCUT2D eigenvalue weighted by atomic mass is 10.0. The van der Waals surface area contributed by atoms with Gasteiger partial charge in [0.25, 0.3) is 5.91 Å². The number of nitrogens with one attached hydrogen (secondary N) is 2. The van der Waals surface area contributed by atoms with E-state index < -0.39 is 0 Å². The summed E-state index contributed by atoms with van der Waals surface area (Å²) < 4.78 is 5.19. The second-order valence-electron chi connectivity index (χ2n) is 8.13. The molecule has 0 aromatic heterocycles. The average molecular weight is 410 g/mol. The predicted octanol–water partition coefficient (Wildman–Crippen LogP) is 4.21. The van der Waals surface area contributed by atoms with Crippen LogP contribution in [0.2, 0.25) is 0 Å². The van der Waals surface area contributed by atoms with Crippen molar-refractivity contribution in [3.63, 3.8) is 0 Å². The fourth-order valence-corrected chi connectivity index (χ4v) is 3.63. The minimum atomic E-state index is -0.0985. The van der Waals surface area contributed by atoms with Crippen molar-refractivity contribution in [2.45, 2.75) is 39.2 Å². The molecule has 6 heteroatoms. The molecule has 1 aliphatic heterocycles. The average Bonchev–Trinajstić information content (AvgIpc) is 2.74. The van der Waals surface area contributed by atoms with Crippen LogP contribution in [0.5, 0.6) is 5.75 Å². The lowest BCUT2D eigenvalue weighted by Crippen LogP contribution is -2.46. The van der Waals surface area contributed by atoms with Crippen molar-refractivity contribution in [2.75, 3.05) is 25.5 Å². The summed E-state index contributed by atoms with van der Waals surface area (Å²) in [6.07, 6.45) is 2.15. The molecule has 1 aliphatic rings. The number of amides is 2. The molecule has 0 radical (unpaired) electrons. The molecule has 30 heavy (non-hydrogen) atoms. The number of carbonyl (C=O) groups excluding carboxylic acids is 2. The molecule has 2 amide bonds. The third-order valence-electron chi connectivity index (χ3n) is 5.31. The predicted molar refractivity (Wildman–Crippen MR) is 119 cm³/mol. The van der Waals surface area contributed by atoms with Crippen LogP contribution in [-0.2, 0) is 4.79 Å². The van der Waals surface area contributed by atoms with E-state index in [1.54, 1.807) is 7.11 Å². The van der Waals surface area contributed by atoms with Crippen molar-refractivity contribution in [3.8, 4) is 5.75 Å². The Hall–Kier alpha value is -3.02. The Kier molecular flexibility index (Phi) is 7.33. The Morgan fingerprint density at radius 1 is 1.07 bits per heavy atom. The lowest BCUT2D eigenvalue weighted by Gasteiger charge is -2.33. The number of piperidine rings is 1. The first-order chi connectivity index (χ1) is 14.5. The summed E-state index contributed by atoms with van der Waals surface area (Å²) in [5.74, 6) is 1.26. The minimum absolute atomic E-state index is 0.0784. The Bertz CT molecular complexity index is 856. The highest BCUT2D eigenvalue weighted by Crippen LogP contribution is 2.23. The van der Waals surface area contributed by atoms with E-state index in [4.69, 9.17) is 4.74 Å². The van der Waals surface area contributed by atoms with Crippen LogP contribution in [-0.4, -0.2) is 43.0 Å². The molecule has 0 atom stereocenters. The van der Waals surface area contributed by atoms with E-state index in [0.29, 0.717) is 31.0 Å². The Labute approximate surface area is 178 Å². The number of hydrogen-bond donors (Lipinski definition) is 2. The molecule has 0 spiro atoms. The molecule has 2 aromatic carbocycles. The topological polar surface area (TPSA) is 70.7 Å². The molecule has 6 nitrogen and oxygen atoms in total. The minimum Gasteiger partial charge on any atom is -0.497 e. The third kappa shape index (κ3) is 5.75. The van der Waals surface area contributed by atoms with Gasteiger partial charge < -0.3 is 20.3 Å². The Morgan fingerprint density at radius 2 is 1.73 bits per heavy atom. The molecule has 0 aliphatic carbocycles. The molecule has 0 unspecified atom stereocenters. The summed E-state index contributed by atoms with van der Waals surface area (Å²) >= 11 is 0. The van der Waals surface area contributed by atoms with Crippen molar-refractivity contribution in [2.24, 2.45) is 5.92 Å². The number of ether oxygens (including phenoxy) is 1. The normalized spacial score (nSPS) is 14.5. The number of nitrogens with zero attached hydrogens (tertiary/aromatic N) is 1. The zero-order valence-corrected chi connectivity index (χ0v) is 18.0. The second-order valence-corrected chi connectivity index (χ2v) is 8.13. The number of para-hydroxylation sites is 1. The highest BCUT2D eigenvalue weighted by Gasteiger charge is 2.25. The summed E-state index contributed by atoms with van der Waals surface area (Å²) in [6.45, 7) is 5.51. The van der Waals surface area contributed by atoms with Crippen LogP contribution in [0.25, 0.3) is 0 Å². The van der Waals surface area contributed by atoms with E-state index >= 15 is 0 Å². The monoisotopic (exact) mass is 409 g/mol. The van der Waals surface area contributed by atoms with E-state index in [0.717, 1.165) is 30.0 Å². The summed E-state index contributed by atoms with van der Waals surface area (Å²) in [6, 6.07) is 15.1. The van der Waals surface area contributed by atoms with E-state index in [1.165, 1.54) is 0 Å². The van der Waals surface area contributed by atoms with Gasteiger partial charge in [0.05, 0.1) is 18.4 Å². The number of hydrogen-bond acceptors (Lipinski definition) is 4. The number of benzene rings is 2. The summed E-state index contributed by atoms with van der Waals surface area (Å²) in [5.41, 5.74) is 2.24. The number of likely N-dealkylation sites (tertiary alicyclic amines) is 1. The highest BCUT2D eigenvalue weighted by atomic mass is 16.5. The Morgan fingerprint density at radius 3 is 2.37 bits per heavy atom. The molecule has 1 heterocycles. The zero-order valence-electron chi connectivity index (χ0n) is 18.0. The molecule has 2 N–H and O–H groups in total. The molecule has 0 saturated carbocycles. The van der Waals surface area contributed by atoms with Crippen LogP contribution in [0.3, 0.4) is 0 Å². The Balaban J connectivity index is 1.59. The molecular weight excluding hydrogens is 378 g/mol. The van der Waals surface area contributed by atoms with Crippen LogP contribution >= 0.6 is 0 Å². The fraction of sp³-hybridized carbons (Fsp3) is 0.417. The van der Waals surface area contributed by atoms with Gasteiger partial charge >= 0.3 is 0 Å². The van der Waals surface area contributed by atoms with Gasteiger partial charge in [-0.1, -0.05) is 26.0 Å². The molecule has 0 bridgehead atoms. The smallest absolute Gasteiger partial charge is 0.253 e. The van der Waals surface area contributed by atoms with Gasteiger partial charge in [-0.15, -0.1) is 0 Å². The first-order valence-electron chi connectivity index (χ1n) is 10.5. The van der Waals surface area contributed by atoms with E-state index in [9.17, 15) is 9.59 Å². The van der Waals surface area contributed by atoms with Gasteiger partial charge in [-0.05, 0) is 55.2 Å². The number of carbonyl (C=O) groups is 2. The van der Waals surface area contributed by atoms with Gasteiger partial charge in [-0.2, -0.15) is 0 Å². The number of methoxy groups -OCH3 is 1. The van der Waals surface area contributed by atoms with Crippen LogP contribution < -0.4 is 15.4 Å². The van der Waals surface area contributed by atoms with Gasteiger partial charge in [0.1, 0.15) is 5.75 Å². The molecular formula is C24H31N3O3. The SMILES string of the molecule is COc1ccc(Nc2ccccc2C(=O)NC2CCN(C(=O)CC(C)C)CC2)cc1. The highest BCUT2D eigenvalue weighted by molar-refractivity contribution is 6.00. The van der Waals surface area contributed by atoms with Crippen LogP contribution in [0.15, 0.2) is 48.5 Å². The van der Waals surface area contributed by atoms with Crippen molar-refractivity contribution in [1.29, 1.82) is 0 Å². The van der Waals surface area contributed by atoms with E-state index in [1.807, 2.05) is 53.4 Å². The van der Waals surface area contributed by atoms with Crippen LogP contribution in [0.1, 0.15) is 43.5 Å². The molecule has 1 fully saturated rings. The standard InChI is InChI=1S/C24H31N3O3/c1-17(2)16-23(28)27-14-12-19(13-15-27)26-24(29)21-6-4-5-7-22(21)25-18-8-10-20(30-3)11-9-18/h4-11,17,19,25H,12-16H2,1-3H3,(H,26,29). The number of rotatable bonds is 7.